The van der Waals surface area contributed by atoms with Crippen molar-refractivity contribution in [2.45, 2.75) is 25.4 Å². The summed E-state index contributed by atoms with van der Waals surface area (Å²) < 4.78 is 1.34. The Labute approximate surface area is 119 Å². The number of carbonyl (C=O) groups excluding carboxylic acids is 1. The Morgan fingerprint density at radius 3 is 3.20 bits per heavy atom. The van der Waals surface area contributed by atoms with Crippen molar-refractivity contribution in [1.82, 2.24) is 14.5 Å². The summed E-state index contributed by atoms with van der Waals surface area (Å²) in [6.07, 6.45) is 3.13. The molecule has 1 amide bonds. The average Bonchev–Trinajstić information content (AvgIpc) is 3.09. The van der Waals surface area contributed by atoms with Crippen LogP contribution < -0.4 is 5.56 Å². The van der Waals surface area contributed by atoms with Gasteiger partial charge in [0.2, 0.25) is 5.91 Å². The van der Waals surface area contributed by atoms with Gasteiger partial charge in [0.1, 0.15) is 11.4 Å². The van der Waals surface area contributed by atoms with Crippen LogP contribution >= 0.6 is 11.3 Å². The Kier molecular flexibility index (Phi) is 3.54. The van der Waals surface area contributed by atoms with Gasteiger partial charge in [-0.3, -0.25) is 14.2 Å². The van der Waals surface area contributed by atoms with Gasteiger partial charge < -0.3 is 10.0 Å². The number of aliphatic hydroxyl groups excluding tert-OH is 1. The summed E-state index contributed by atoms with van der Waals surface area (Å²) in [6.45, 7) is 0.601. The molecule has 1 aliphatic heterocycles. The second kappa shape index (κ2) is 5.34. The van der Waals surface area contributed by atoms with Gasteiger partial charge in [0.05, 0.1) is 24.4 Å². The first kappa shape index (κ1) is 13.3. The molecule has 2 aromatic heterocycles. The Bertz CT molecular complexity index is 693. The normalized spacial score (nSPS) is 18.9. The Morgan fingerprint density at radius 1 is 1.55 bits per heavy atom. The van der Waals surface area contributed by atoms with Crippen molar-refractivity contribution in [2.24, 2.45) is 0 Å². The zero-order chi connectivity index (χ0) is 14.1. The molecule has 0 spiro atoms. The number of amides is 1. The predicted octanol–water partition coefficient (Wildman–Crippen LogP) is 0.441. The molecule has 7 heteroatoms. The number of fused-ring (bicyclic) bond motifs is 1. The van der Waals surface area contributed by atoms with Crippen LogP contribution in [-0.4, -0.2) is 44.7 Å². The van der Waals surface area contributed by atoms with Crippen molar-refractivity contribution in [2.75, 3.05) is 13.2 Å². The fourth-order valence-corrected chi connectivity index (χ4v) is 3.32. The van der Waals surface area contributed by atoms with E-state index in [1.165, 1.54) is 22.2 Å². The van der Waals surface area contributed by atoms with Gasteiger partial charge in [-0.1, -0.05) is 0 Å². The summed E-state index contributed by atoms with van der Waals surface area (Å²) in [7, 11) is 0. The molecule has 0 aliphatic carbocycles. The molecule has 0 saturated carbocycles. The molecule has 1 atom stereocenters. The standard InChI is InChI=1S/C13H15N3O3S/c17-7-9-2-1-4-16(9)11(18)6-15-8-14-12-10(13(15)19)3-5-20-12/h3,5,8-9,17H,1-2,4,6-7H2. The summed E-state index contributed by atoms with van der Waals surface area (Å²) in [5.41, 5.74) is -0.190. The lowest BCUT2D eigenvalue weighted by atomic mass is 10.2. The molecule has 1 N–H and O–H groups in total. The van der Waals surface area contributed by atoms with E-state index >= 15 is 0 Å². The maximum atomic E-state index is 12.2. The molecular weight excluding hydrogens is 278 g/mol. The molecule has 106 valence electrons. The van der Waals surface area contributed by atoms with Gasteiger partial charge in [-0.05, 0) is 24.3 Å². The van der Waals surface area contributed by atoms with E-state index in [2.05, 4.69) is 4.98 Å². The van der Waals surface area contributed by atoms with Crippen LogP contribution in [0.4, 0.5) is 0 Å². The molecule has 1 saturated heterocycles. The maximum absolute atomic E-state index is 12.2. The van der Waals surface area contributed by atoms with E-state index in [1.54, 1.807) is 11.0 Å². The highest BCUT2D eigenvalue weighted by Crippen LogP contribution is 2.17. The molecule has 20 heavy (non-hydrogen) atoms. The first-order valence-electron chi connectivity index (χ1n) is 6.53. The minimum Gasteiger partial charge on any atom is -0.394 e. The third-order valence-corrected chi connectivity index (χ3v) is 4.49. The third kappa shape index (κ3) is 2.23. The predicted molar refractivity (Wildman–Crippen MR) is 75.7 cm³/mol. The number of thiophene rings is 1. The van der Waals surface area contributed by atoms with Crippen LogP contribution in [0, 0.1) is 0 Å². The number of nitrogens with zero attached hydrogens (tertiary/aromatic N) is 3. The average molecular weight is 293 g/mol. The van der Waals surface area contributed by atoms with E-state index in [0.29, 0.717) is 16.8 Å². The zero-order valence-corrected chi connectivity index (χ0v) is 11.7. The Morgan fingerprint density at radius 2 is 2.40 bits per heavy atom. The van der Waals surface area contributed by atoms with Crippen molar-refractivity contribution >= 4 is 27.5 Å². The first-order chi connectivity index (χ1) is 9.70. The van der Waals surface area contributed by atoms with Crippen molar-refractivity contribution < 1.29 is 9.90 Å². The third-order valence-electron chi connectivity index (χ3n) is 3.66. The molecule has 1 fully saturated rings. The van der Waals surface area contributed by atoms with E-state index in [1.807, 2.05) is 5.38 Å². The van der Waals surface area contributed by atoms with E-state index in [4.69, 9.17) is 0 Å². The molecule has 3 heterocycles. The number of hydrogen-bond acceptors (Lipinski definition) is 5. The topological polar surface area (TPSA) is 75.4 Å². The molecule has 1 aliphatic rings. The number of aliphatic hydroxyl groups is 1. The lowest BCUT2D eigenvalue weighted by Crippen LogP contribution is -2.41. The van der Waals surface area contributed by atoms with Crippen LogP contribution in [-0.2, 0) is 11.3 Å². The van der Waals surface area contributed by atoms with Gasteiger partial charge in [-0.2, -0.15) is 0 Å². The van der Waals surface area contributed by atoms with E-state index in [0.717, 1.165) is 12.8 Å². The minimum atomic E-state index is -0.190. The fraction of sp³-hybridized carbons (Fsp3) is 0.462. The first-order valence-corrected chi connectivity index (χ1v) is 7.41. The second-order valence-corrected chi connectivity index (χ2v) is 5.78. The van der Waals surface area contributed by atoms with Gasteiger partial charge in [0.15, 0.2) is 0 Å². The van der Waals surface area contributed by atoms with Crippen LogP contribution in [0.5, 0.6) is 0 Å². The van der Waals surface area contributed by atoms with E-state index in [9.17, 15) is 14.7 Å². The summed E-state index contributed by atoms with van der Waals surface area (Å²) in [6, 6.07) is 1.61. The fourth-order valence-electron chi connectivity index (χ4n) is 2.60. The van der Waals surface area contributed by atoms with Crippen molar-refractivity contribution in [1.29, 1.82) is 0 Å². The highest BCUT2D eigenvalue weighted by molar-refractivity contribution is 7.16. The highest BCUT2D eigenvalue weighted by Gasteiger charge is 2.28. The monoisotopic (exact) mass is 293 g/mol. The van der Waals surface area contributed by atoms with E-state index in [-0.39, 0.29) is 30.7 Å². The van der Waals surface area contributed by atoms with Gasteiger partial charge in [0.25, 0.3) is 5.56 Å². The van der Waals surface area contributed by atoms with Crippen molar-refractivity contribution in [3.05, 3.63) is 28.1 Å². The van der Waals surface area contributed by atoms with Crippen LogP contribution in [0.15, 0.2) is 22.6 Å². The molecule has 0 aromatic carbocycles. The summed E-state index contributed by atoms with van der Waals surface area (Å²) >= 11 is 1.41. The molecule has 1 unspecified atom stereocenters. The molecular formula is C13H15N3O3S. The molecule has 0 radical (unpaired) electrons. The van der Waals surface area contributed by atoms with Crippen molar-refractivity contribution in [3.8, 4) is 0 Å². The lowest BCUT2D eigenvalue weighted by molar-refractivity contribution is -0.133. The number of likely N-dealkylation sites (tertiary alicyclic amines) is 1. The van der Waals surface area contributed by atoms with Crippen LogP contribution in [0.1, 0.15) is 12.8 Å². The number of rotatable bonds is 3. The Balaban J connectivity index is 1.84. The summed E-state index contributed by atoms with van der Waals surface area (Å²) in [4.78, 5) is 31.0. The summed E-state index contributed by atoms with van der Waals surface area (Å²) in [5.74, 6) is -0.139. The van der Waals surface area contributed by atoms with Gasteiger partial charge in [-0.25, -0.2) is 4.98 Å². The van der Waals surface area contributed by atoms with Gasteiger partial charge in [0, 0.05) is 6.54 Å². The molecule has 0 bridgehead atoms. The largest absolute Gasteiger partial charge is 0.394 e. The minimum absolute atomic E-state index is 0.0197. The zero-order valence-electron chi connectivity index (χ0n) is 10.9. The number of aromatic nitrogens is 2. The van der Waals surface area contributed by atoms with Crippen molar-refractivity contribution in [3.63, 3.8) is 0 Å². The second-order valence-electron chi connectivity index (χ2n) is 4.88. The summed E-state index contributed by atoms with van der Waals surface area (Å²) in [5, 5.41) is 11.6. The highest BCUT2D eigenvalue weighted by atomic mass is 32.1. The number of carbonyl (C=O) groups is 1. The van der Waals surface area contributed by atoms with Crippen LogP contribution in [0.3, 0.4) is 0 Å². The SMILES string of the molecule is O=C(Cn1cnc2sccc2c1=O)N1CCCC1CO. The Hall–Kier alpha value is -1.73. The van der Waals surface area contributed by atoms with Crippen LogP contribution in [0.25, 0.3) is 10.2 Å². The quantitative estimate of drug-likeness (QED) is 0.891. The van der Waals surface area contributed by atoms with E-state index < -0.39 is 0 Å². The van der Waals surface area contributed by atoms with Crippen LogP contribution in [0.2, 0.25) is 0 Å². The maximum Gasteiger partial charge on any atom is 0.262 e. The van der Waals surface area contributed by atoms with Gasteiger partial charge >= 0.3 is 0 Å². The molecule has 2 aromatic rings. The lowest BCUT2D eigenvalue weighted by Gasteiger charge is -2.23. The smallest absolute Gasteiger partial charge is 0.262 e. The molecule has 6 nitrogen and oxygen atoms in total. The van der Waals surface area contributed by atoms with Gasteiger partial charge in [-0.15, -0.1) is 11.3 Å². The number of hydrogen-bond donors (Lipinski definition) is 1. The molecule has 3 rings (SSSR count).